The van der Waals surface area contributed by atoms with Crippen molar-refractivity contribution in [3.8, 4) is 11.8 Å². The molecule has 1 aliphatic carbocycles. The summed E-state index contributed by atoms with van der Waals surface area (Å²) in [7, 11) is 0. The normalized spacial score (nSPS) is 20.3. The van der Waals surface area contributed by atoms with Crippen molar-refractivity contribution in [2.24, 2.45) is 0 Å². The molecule has 0 saturated heterocycles. The van der Waals surface area contributed by atoms with Crippen LogP contribution < -0.4 is 5.32 Å². The highest BCUT2D eigenvalue weighted by Gasteiger charge is 2.18. The summed E-state index contributed by atoms with van der Waals surface area (Å²) in [4.78, 5) is 11.7. The van der Waals surface area contributed by atoms with Gasteiger partial charge in [-0.3, -0.25) is 4.79 Å². The lowest BCUT2D eigenvalue weighted by Crippen LogP contribution is -2.44. The van der Waals surface area contributed by atoms with Crippen molar-refractivity contribution in [1.29, 1.82) is 0 Å². The standard InChI is InChI=1S/C15H25NO2/c1-4-15(2,3)16-14(17)12-18-13-10-8-6-5-7-9-11-13/h13H,4-8,10,12H2,1-3H3,(H,16,17). The molecule has 0 fully saturated rings. The van der Waals surface area contributed by atoms with E-state index in [1.165, 1.54) is 12.8 Å². The molecule has 1 rings (SSSR count). The molecular weight excluding hydrogens is 226 g/mol. The zero-order chi connectivity index (χ0) is 13.4. The van der Waals surface area contributed by atoms with E-state index >= 15 is 0 Å². The molecule has 3 nitrogen and oxygen atoms in total. The first-order valence-corrected chi connectivity index (χ1v) is 6.94. The minimum Gasteiger partial charge on any atom is -0.356 e. The summed E-state index contributed by atoms with van der Waals surface area (Å²) < 4.78 is 5.59. The molecule has 0 saturated carbocycles. The summed E-state index contributed by atoms with van der Waals surface area (Å²) in [6.07, 6.45) is 6.27. The minimum atomic E-state index is -0.160. The fourth-order valence-corrected chi connectivity index (χ4v) is 1.78. The Morgan fingerprint density at radius 2 is 2.17 bits per heavy atom. The lowest BCUT2D eigenvalue weighted by molar-refractivity contribution is -0.128. The van der Waals surface area contributed by atoms with E-state index in [1.54, 1.807) is 0 Å². The second kappa shape index (κ2) is 7.43. The van der Waals surface area contributed by atoms with Crippen molar-refractivity contribution in [2.45, 2.75) is 70.9 Å². The molecule has 0 bridgehead atoms. The summed E-state index contributed by atoms with van der Waals surface area (Å²) in [6, 6.07) is 0. The third kappa shape index (κ3) is 6.07. The van der Waals surface area contributed by atoms with Crippen LogP contribution in [0.3, 0.4) is 0 Å². The van der Waals surface area contributed by atoms with Crippen LogP contribution in [0, 0.1) is 11.8 Å². The largest absolute Gasteiger partial charge is 0.356 e. The lowest BCUT2D eigenvalue weighted by atomic mass is 10.0. The molecule has 0 aromatic heterocycles. The van der Waals surface area contributed by atoms with Gasteiger partial charge < -0.3 is 10.1 Å². The molecule has 3 heteroatoms. The smallest absolute Gasteiger partial charge is 0.246 e. The summed E-state index contributed by atoms with van der Waals surface area (Å²) in [5, 5.41) is 2.96. The molecular formula is C15H25NO2. The van der Waals surface area contributed by atoms with E-state index in [9.17, 15) is 4.79 Å². The van der Waals surface area contributed by atoms with Gasteiger partial charge in [0.25, 0.3) is 0 Å². The van der Waals surface area contributed by atoms with E-state index < -0.39 is 0 Å². The van der Waals surface area contributed by atoms with Crippen molar-refractivity contribution in [1.82, 2.24) is 5.32 Å². The first-order chi connectivity index (χ1) is 8.53. The molecule has 1 N–H and O–H groups in total. The summed E-state index contributed by atoms with van der Waals surface area (Å²) in [5.74, 6) is 6.17. The first kappa shape index (κ1) is 15.0. The molecule has 1 amide bonds. The molecule has 0 aromatic rings. The van der Waals surface area contributed by atoms with Crippen LogP contribution in [0.2, 0.25) is 0 Å². The van der Waals surface area contributed by atoms with E-state index in [1.807, 2.05) is 13.8 Å². The quantitative estimate of drug-likeness (QED) is 0.763. The van der Waals surface area contributed by atoms with Crippen LogP contribution in [-0.4, -0.2) is 24.2 Å². The van der Waals surface area contributed by atoms with Gasteiger partial charge >= 0.3 is 0 Å². The molecule has 1 unspecified atom stereocenters. The molecule has 0 aromatic carbocycles. The highest BCUT2D eigenvalue weighted by molar-refractivity contribution is 5.77. The van der Waals surface area contributed by atoms with Crippen molar-refractivity contribution < 1.29 is 9.53 Å². The van der Waals surface area contributed by atoms with E-state index in [0.717, 1.165) is 25.7 Å². The monoisotopic (exact) mass is 251 g/mol. The van der Waals surface area contributed by atoms with E-state index in [2.05, 4.69) is 24.1 Å². The molecule has 1 atom stereocenters. The van der Waals surface area contributed by atoms with Crippen LogP contribution in [0.25, 0.3) is 0 Å². The Morgan fingerprint density at radius 1 is 1.39 bits per heavy atom. The van der Waals surface area contributed by atoms with Gasteiger partial charge in [0.05, 0.1) is 0 Å². The average Bonchev–Trinajstić information content (AvgIpc) is 2.27. The van der Waals surface area contributed by atoms with Crippen molar-refractivity contribution in [2.75, 3.05) is 6.61 Å². The van der Waals surface area contributed by atoms with E-state index in [4.69, 9.17) is 4.74 Å². The number of hydrogen-bond acceptors (Lipinski definition) is 2. The first-order valence-electron chi connectivity index (χ1n) is 6.94. The zero-order valence-electron chi connectivity index (χ0n) is 11.8. The van der Waals surface area contributed by atoms with Gasteiger partial charge in [0, 0.05) is 12.0 Å². The van der Waals surface area contributed by atoms with Gasteiger partial charge in [0.15, 0.2) is 0 Å². The Hall–Kier alpha value is -1.01. The van der Waals surface area contributed by atoms with Gasteiger partial charge in [-0.15, -0.1) is 5.92 Å². The molecule has 0 spiro atoms. The Balaban J connectivity index is 2.32. The van der Waals surface area contributed by atoms with E-state index in [0.29, 0.717) is 0 Å². The zero-order valence-corrected chi connectivity index (χ0v) is 11.8. The average molecular weight is 251 g/mol. The van der Waals surface area contributed by atoms with Crippen LogP contribution in [0.1, 0.15) is 59.3 Å². The van der Waals surface area contributed by atoms with Crippen molar-refractivity contribution >= 4 is 5.91 Å². The molecule has 0 aliphatic heterocycles. The number of carbonyl (C=O) groups excluding carboxylic acids is 1. The predicted molar refractivity (Wildman–Crippen MR) is 73.1 cm³/mol. The summed E-state index contributed by atoms with van der Waals surface area (Å²) in [5.41, 5.74) is -0.160. The Morgan fingerprint density at radius 3 is 2.89 bits per heavy atom. The number of ether oxygens (including phenoxy) is 1. The predicted octanol–water partition coefficient (Wildman–Crippen LogP) is 2.64. The SMILES string of the molecule is CCC(C)(C)NC(=O)COC1C#CCCCCC1. The van der Waals surface area contributed by atoms with Crippen LogP contribution in [-0.2, 0) is 9.53 Å². The lowest BCUT2D eigenvalue weighted by Gasteiger charge is -2.24. The molecule has 0 heterocycles. The summed E-state index contributed by atoms with van der Waals surface area (Å²) >= 11 is 0. The van der Waals surface area contributed by atoms with Gasteiger partial charge in [-0.05, 0) is 39.5 Å². The van der Waals surface area contributed by atoms with Gasteiger partial charge in [-0.25, -0.2) is 0 Å². The number of amides is 1. The van der Waals surface area contributed by atoms with Gasteiger partial charge in [-0.1, -0.05) is 19.3 Å². The summed E-state index contributed by atoms with van der Waals surface area (Å²) in [6.45, 7) is 6.20. The molecule has 1 aliphatic rings. The fraction of sp³-hybridized carbons (Fsp3) is 0.800. The van der Waals surface area contributed by atoms with Crippen LogP contribution in [0.15, 0.2) is 0 Å². The number of carbonyl (C=O) groups is 1. The highest BCUT2D eigenvalue weighted by atomic mass is 16.5. The number of hydrogen-bond donors (Lipinski definition) is 1. The van der Waals surface area contributed by atoms with Crippen LogP contribution in [0.5, 0.6) is 0 Å². The molecule has 0 radical (unpaired) electrons. The van der Waals surface area contributed by atoms with Crippen molar-refractivity contribution in [3.63, 3.8) is 0 Å². The van der Waals surface area contributed by atoms with Gasteiger partial charge in [-0.2, -0.15) is 0 Å². The molecule has 18 heavy (non-hydrogen) atoms. The Labute approximate surface area is 111 Å². The third-order valence-electron chi connectivity index (χ3n) is 3.31. The Bertz CT molecular complexity index is 325. The third-order valence-corrected chi connectivity index (χ3v) is 3.31. The maximum atomic E-state index is 11.7. The van der Waals surface area contributed by atoms with Crippen molar-refractivity contribution in [3.05, 3.63) is 0 Å². The van der Waals surface area contributed by atoms with E-state index in [-0.39, 0.29) is 24.2 Å². The van der Waals surface area contributed by atoms with Crippen LogP contribution in [0.4, 0.5) is 0 Å². The molecule has 102 valence electrons. The minimum absolute atomic E-state index is 0.0503. The Kier molecular flexibility index (Phi) is 6.21. The topological polar surface area (TPSA) is 38.3 Å². The maximum absolute atomic E-state index is 11.7. The second-order valence-electron chi connectivity index (χ2n) is 5.51. The second-order valence-corrected chi connectivity index (χ2v) is 5.51. The van der Waals surface area contributed by atoms with Gasteiger partial charge in [0.1, 0.15) is 12.7 Å². The number of nitrogens with one attached hydrogen (secondary N) is 1. The van der Waals surface area contributed by atoms with Crippen LogP contribution >= 0.6 is 0 Å². The maximum Gasteiger partial charge on any atom is 0.246 e. The van der Waals surface area contributed by atoms with Gasteiger partial charge in [0.2, 0.25) is 5.91 Å². The highest BCUT2D eigenvalue weighted by Crippen LogP contribution is 2.11. The fourth-order valence-electron chi connectivity index (χ4n) is 1.78. The number of rotatable bonds is 5.